The molecule has 2 rings (SSSR count). The highest BCUT2D eigenvalue weighted by atomic mass is 16.5. The SMILES string of the molecule is COC(=O)c1ccccc1N(C)C(=O)c1ccc(OC)cc1. The van der Waals surface area contributed by atoms with Crippen molar-refractivity contribution in [1.82, 2.24) is 0 Å². The standard InChI is InChI=1S/C17H17NO4/c1-18(15-7-5-4-6-14(15)17(20)22-3)16(19)12-8-10-13(21-2)11-9-12/h4-11H,1-3H3. The molecule has 0 unspecified atom stereocenters. The van der Waals surface area contributed by atoms with E-state index in [-0.39, 0.29) is 5.91 Å². The molecule has 0 aliphatic carbocycles. The molecule has 0 heterocycles. The normalized spacial score (nSPS) is 9.95. The number of benzene rings is 2. The molecule has 0 saturated carbocycles. The quantitative estimate of drug-likeness (QED) is 0.815. The second kappa shape index (κ2) is 6.76. The molecule has 0 aliphatic heterocycles. The van der Waals surface area contributed by atoms with Crippen molar-refractivity contribution in [2.45, 2.75) is 0 Å². The van der Waals surface area contributed by atoms with Crippen molar-refractivity contribution in [3.63, 3.8) is 0 Å². The molecule has 0 aliphatic rings. The van der Waals surface area contributed by atoms with Gasteiger partial charge in [0.1, 0.15) is 5.75 Å². The van der Waals surface area contributed by atoms with Gasteiger partial charge in [-0.15, -0.1) is 0 Å². The van der Waals surface area contributed by atoms with Gasteiger partial charge in [-0.2, -0.15) is 0 Å². The Morgan fingerprint density at radius 2 is 1.59 bits per heavy atom. The second-order valence-electron chi connectivity index (χ2n) is 4.60. The smallest absolute Gasteiger partial charge is 0.339 e. The number of carbonyl (C=O) groups is 2. The lowest BCUT2D eigenvalue weighted by atomic mass is 10.1. The van der Waals surface area contributed by atoms with E-state index in [0.717, 1.165) is 0 Å². The van der Waals surface area contributed by atoms with E-state index in [1.54, 1.807) is 62.7 Å². The Kier molecular flexibility index (Phi) is 4.78. The molecule has 0 atom stereocenters. The summed E-state index contributed by atoms with van der Waals surface area (Å²) in [5.41, 5.74) is 1.34. The van der Waals surface area contributed by atoms with Crippen LogP contribution in [0.4, 0.5) is 5.69 Å². The minimum absolute atomic E-state index is 0.223. The van der Waals surface area contributed by atoms with Crippen molar-refractivity contribution in [2.24, 2.45) is 0 Å². The number of amides is 1. The van der Waals surface area contributed by atoms with E-state index < -0.39 is 5.97 Å². The maximum absolute atomic E-state index is 12.5. The summed E-state index contributed by atoms with van der Waals surface area (Å²) < 4.78 is 9.82. The lowest BCUT2D eigenvalue weighted by Crippen LogP contribution is -2.28. The van der Waals surface area contributed by atoms with Gasteiger partial charge in [0.05, 0.1) is 25.5 Å². The summed E-state index contributed by atoms with van der Waals surface area (Å²) in [6.07, 6.45) is 0. The van der Waals surface area contributed by atoms with Crippen LogP contribution in [0.1, 0.15) is 20.7 Å². The highest BCUT2D eigenvalue weighted by Gasteiger charge is 2.19. The molecule has 0 aromatic heterocycles. The Bertz CT molecular complexity index is 679. The van der Waals surface area contributed by atoms with E-state index in [0.29, 0.717) is 22.6 Å². The van der Waals surface area contributed by atoms with Gasteiger partial charge in [0.15, 0.2) is 0 Å². The Balaban J connectivity index is 2.32. The number of hydrogen-bond acceptors (Lipinski definition) is 4. The maximum atomic E-state index is 12.5. The van der Waals surface area contributed by atoms with Gasteiger partial charge in [0.25, 0.3) is 5.91 Å². The Morgan fingerprint density at radius 3 is 2.18 bits per heavy atom. The fraction of sp³-hybridized carbons (Fsp3) is 0.176. The molecule has 2 aromatic rings. The summed E-state index contributed by atoms with van der Waals surface area (Å²) in [6, 6.07) is 13.6. The van der Waals surface area contributed by atoms with E-state index in [1.165, 1.54) is 12.0 Å². The zero-order valence-corrected chi connectivity index (χ0v) is 12.7. The zero-order chi connectivity index (χ0) is 16.1. The number of ether oxygens (including phenoxy) is 2. The molecule has 0 radical (unpaired) electrons. The van der Waals surface area contributed by atoms with Crippen LogP contribution in [0.25, 0.3) is 0 Å². The highest BCUT2D eigenvalue weighted by Crippen LogP contribution is 2.22. The predicted molar refractivity (Wildman–Crippen MR) is 83.5 cm³/mol. The fourth-order valence-electron chi connectivity index (χ4n) is 2.09. The van der Waals surface area contributed by atoms with Crippen LogP contribution in [0.3, 0.4) is 0 Å². The van der Waals surface area contributed by atoms with Gasteiger partial charge in [-0.3, -0.25) is 4.79 Å². The van der Waals surface area contributed by atoms with Gasteiger partial charge in [0, 0.05) is 12.6 Å². The number of methoxy groups -OCH3 is 2. The van der Waals surface area contributed by atoms with E-state index >= 15 is 0 Å². The van der Waals surface area contributed by atoms with Crippen molar-refractivity contribution >= 4 is 17.6 Å². The minimum atomic E-state index is -0.481. The van der Waals surface area contributed by atoms with E-state index in [4.69, 9.17) is 9.47 Å². The molecule has 5 nitrogen and oxygen atoms in total. The molecule has 5 heteroatoms. The van der Waals surface area contributed by atoms with Gasteiger partial charge >= 0.3 is 5.97 Å². The molecule has 1 amide bonds. The molecule has 0 fully saturated rings. The van der Waals surface area contributed by atoms with Crippen molar-refractivity contribution in [3.05, 3.63) is 59.7 Å². The first kappa shape index (κ1) is 15.6. The molecule has 0 spiro atoms. The Morgan fingerprint density at radius 1 is 0.955 bits per heavy atom. The number of nitrogens with zero attached hydrogens (tertiary/aromatic N) is 1. The number of carbonyl (C=O) groups excluding carboxylic acids is 2. The third-order valence-electron chi connectivity index (χ3n) is 3.31. The van der Waals surface area contributed by atoms with Gasteiger partial charge in [-0.05, 0) is 36.4 Å². The molecule has 0 N–H and O–H groups in total. The van der Waals surface area contributed by atoms with Crippen LogP contribution in [-0.4, -0.2) is 33.1 Å². The predicted octanol–water partition coefficient (Wildman–Crippen LogP) is 2.76. The third kappa shape index (κ3) is 3.09. The van der Waals surface area contributed by atoms with Crippen LogP contribution in [0.5, 0.6) is 5.75 Å². The molecule has 0 bridgehead atoms. The highest BCUT2D eigenvalue weighted by molar-refractivity contribution is 6.09. The third-order valence-corrected chi connectivity index (χ3v) is 3.31. The maximum Gasteiger partial charge on any atom is 0.339 e. The number of anilines is 1. The molecule has 22 heavy (non-hydrogen) atoms. The van der Waals surface area contributed by atoms with Gasteiger partial charge in [-0.25, -0.2) is 4.79 Å². The lowest BCUT2D eigenvalue weighted by molar-refractivity contribution is 0.0601. The van der Waals surface area contributed by atoms with E-state index in [9.17, 15) is 9.59 Å². The minimum Gasteiger partial charge on any atom is -0.497 e. The molecule has 0 saturated heterocycles. The van der Waals surface area contributed by atoms with Gasteiger partial charge in [-0.1, -0.05) is 12.1 Å². The molecular formula is C17H17NO4. The number of esters is 1. The second-order valence-corrected chi connectivity index (χ2v) is 4.60. The molecule has 114 valence electrons. The van der Waals surface area contributed by atoms with Crippen LogP contribution in [0, 0.1) is 0 Å². The van der Waals surface area contributed by atoms with Crippen LogP contribution in [0.2, 0.25) is 0 Å². The summed E-state index contributed by atoms with van der Waals surface area (Å²) in [4.78, 5) is 25.8. The van der Waals surface area contributed by atoms with Crippen molar-refractivity contribution in [2.75, 3.05) is 26.2 Å². The van der Waals surface area contributed by atoms with Crippen molar-refractivity contribution in [3.8, 4) is 5.75 Å². The average molecular weight is 299 g/mol. The number of hydrogen-bond donors (Lipinski definition) is 0. The van der Waals surface area contributed by atoms with Crippen LogP contribution < -0.4 is 9.64 Å². The van der Waals surface area contributed by atoms with E-state index in [2.05, 4.69) is 0 Å². The lowest BCUT2D eigenvalue weighted by Gasteiger charge is -2.20. The average Bonchev–Trinajstić information content (AvgIpc) is 2.59. The van der Waals surface area contributed by atoms with Crippen molar-refractivity contribution in [1.29, 1.82) is 0 Å². The topological polar surface area (TPSA) is 55.8 Å². The number of para-hydroxylation sites is 1. The zero-order valence-electron chi connectivity index (χ0n) is 12.7. The van der Waals surface area contributed by atoms with E-state index in [1.807, 2.05) is 0 Å². The first-order valence-corrected chi connectivity index (χ1v) is 6.68. The van der Waals surface area contributed by atoms with Crippen LogP contribution in [-0.2, 0) is 4.74 Å². The Labute approximate surface area is 129 Å². The summed E-state index contributed by atoms with van der Waals surface area (Å²) in [6.45, 7) is 0. The molecular weight excluding hydrogens is 282 g/mol. The largest absolute Gasteiger partial charge is 0.497 e. The number of rotatable bonds is 4. The Hall–Kier alpha value is -2.82. The summed E-state index contributed by atoms with van der Waals surface area (Å²) >= 11 is 0. The van der Waals surface area contributed by atoms with Crippen LogP contribution >= 0.6 is 0 Å². The van der Waals surface area contributed by atoms with Gasteiger partial charge < -0.3 is 14.4 Å². The summed E-state index contributed by atoms with van der Waals surface area (Å²) in [5.74, 6) is -0.0295. The fourth-order valence-corrected chi connectivity index (χ4v) is 2.09. The molecule has 2 aromatic carbocycles. The first-order chi connectivity index (χ1) is 10.6. The summed E-state index contributed by atoms with van der Waals surface area (Å²) in [7, 11) is 4.49. The summed E-state index contributed by atoms with van der Waals surface area (Å²) in [5, 5.41) is 0. The van der Waals surface area contributed by atoms with Crippen molar-refractivity contribution < 1.29 is 19.1 Å². The monoisotopic (exact) mass is 299 g/mol. The van der Waals surface area contributed by atoms with Gasteiger partial charge in [0.2, 0.25) is 0 Å². The first-order valence-electron chi connectivity index (χ1n) is 6.68. The van der Waals surface area contributed by atoms with Crippen LogP contribution in [0.15, 0.2) is 48.5 Å².